The fourth-order valence-corrected chi connectivity index (χ4v) is 2.84. The van der Waals surface area contributed by atoms with Crippen LogP contribution < -0.4 is 5.32 Å². The van der Waals surface area contributed by atoms with Crippen LogP contribution in [0.2, 0.25) is 0 Å². The molecule has 1 heterocycles. The number of fused-ring (bicyclic) bond motifs is 1. The van der Waals surface area contributed by atoms with Crippen LogP contribution in [0.3, 0.4) is 0 Å². The van der Waals surface area contributed by atoms with Crippen molar-refractivity contribution in [3.8, 4) is 5.75 Å². The van der Waals surface area contributed by atoms with Crippen LogP contribution in [0.1, 0.15) is 23.6 Å². The molecule has 0 bridgehead atoms. The van der Waals surface area contributed by atoms with E-state index in [1.165, 1.54) is 25.3 Å². The first-order valence-corrected chi connectivity index (χ1v) is 8.60. The Labute approximate surface area is 156 Å². The predicted molar refractivity (Wildman–Crippen MR) is 102 cm³/mol. The van der Waals surface area contributed by atoms with E-state index in [0.717, 1.165) is 16.5 Å². The summed E-state index contributed by atoms with van der Waals surface area (Å²) >= 11 is 0. The molecular weight excluding hydrogens is 346 g/mol. The van der Waals surface area contributed by atoms with Gasteiger partial charge in [-0.2, -0.15) is 0 Å². The maximum Gasteiger partial charge on any atom is 0.311 e. The van der Waals surface area contributed by atoms with Crippen molar-refractivity contribution in [2.75, 3.05) is 5.32 Å². The van der Waals surface area contributed by atoms with Gasteiger partial charge in [-0.05, 0) is 44.5 Å². The monoisotopic (exact) mass is 367 g/mol. The van der Waals surface area contributed by atoms with Gasteiger partial charge in [0.05, 0.1) is 12.7 Å². The molecule has 1 atom stereocenters. The highest BCUT2D eigenvalue weighted by Gasteiger charge is 2.20. The Balaban J connectivity index is 1.61. The van der Waals surface area contributed by atoms with Crippen LogP contribution in [0.5, 0.6) is 5.75 Å². The number of benzene rings is 2. The highest BCUT2D eigenvalue weighted by molar-refractivity contribution is 5.96. The van der Waals surface area contributed by atoms with Crippen LogP contribution in [0.25, 0.3) is 11.0 Å². The van der Waals surface area contributed by atoms with Crippen molar-refractivity contribution >= 4 is 28.5 Å². The minimum absolute atomic E-state index is 0.0288. The number of nitrogens with one attached hydrogen (secondary N) is 1. The number of furan rings is 1. The van der Waals surface area contributed by atoms with Crippen molar-refractivity contribution in [2.24, 2.45) is 0 Å². The molecule has 1 aromatic heterocycles. The van der Waals surface area contributed by atoms with E-state index in [-0.39, 0.29) is 12.2 Å². The molecule has 0 aliphatic heterocycles. The summed E-state index contributed by atoms with van der Waals surface area (Å²) in [5.74, 6) is -0.839. The van der Waals surface area contributed by atoms with E-state index in [2.05, 4.69) is 5.32 Å². The number of phenols is 1. The zero-order chi connectivity index (χ0) is 19.6. The number of phenolic OH excluding ortho intramolecular Hbond substituents is 1. The highest BCUT2D eigenvalue weighted by atomic mass is 16.5. The molecule has 2 aromatic carbocycles. The molecule has 6 heteroatoms. The minimum Gasteiger partial charge on any atom is -0.508 e. The molecule has 3 aromatic rings. The Morgan fingerprint density at radius 3 is 2.70 bits per heavy atom. The van der Waals surface area contributed by atoms with Crippen LogP contribution in [-0.2, 0) is 20.7 Å². The Kier molecular flexibility index (Phi) is 5.16. The predicted octanol–water partition coefficient (Wildman–Crippen LogP) is 3.87. The zero-order valence-electron chi connectivity index (χ0n) is 15.4. The van der Waals surface area contributed by atoms with Crippen molar-refractivity contribution in [1.29, 1.82) is 0 Å². The van der Waals surface area contributed by atoms with Crippen LogP contribution >= 0.6 is 0 Å². The topological polar surface area (TPSA) is 88.8 Å². The molecule has 3 rings (SSSR count). The van der Waals surface area contributed by atoms with Gasteiger partial charge in [-0.15, -0.1) is 0 Å². The quantitative estimate of drug-likeness (QED) is 0.668. The van der Waals surface area contributed by atoms with Crippen LogP contribution in [0.4, 0.5) is 5.69 Å². The van der Waals surface area contributed by atoms with Crippen molar-refractivity contribution in [2.45, 2.75) is 33.3 Å². The molecule has 140 valence electrons. The first-order valence-electron chi connectivity index (χ1n) is 8.60. The lowest BCUT2D eigenvalue weighted by Gasteiger charge is -2.15. The molecular formula is C21H21NO5. The summed E-state index contributed by atoms with van der Waals surface area (Å²) in [6, 6.07) is 10.4. The van der Waals surface area contributed by atoms with Crippen molar-refractivity contribution in [1.82, 2.24) is 0 Å². The molecule has 0 aliphatic rings. The molecule has 0 radical (unpaired) electrons. The lowest BCUT2D eigenvalue weighted by Crippen LogP contribution is -2.30. The molecule has 0 fully saturated rings. The Hall–Kier alpha value is -3.28. The Bertz CT molecular complexity index is 1000. The third-order valence-electron chi connectivity index (χ3n) is 4.29. The van der Waals surface area contributed by atoms with Gasteiger partial charge in [0.2, 0.25) is 0 Å². The molecule has 0 aliphatic carbocycles. The van der Waals surface area contributed by atoms with Crippen LogP contribution in [0.15, 0.2) is 47.1 Å². The summed E-state index contributed by atoms with van der Waals surface area (Å²) in [4.78, 5) is 24.5. The molecule has 6 nitrogen and oxygen atoms in total. The maximum absolute atomic E-state index is 12.3. The summed E-state index contributed by atoms with van der Waals surface area (Å²) in [6.45, 7) is 5.41. The fourth-order valence-electron chi connectivity index (χ4n) is 2.84. The molecule has 0 saturated carbocycles. The number of rotatable bonds is 5. The summed E-state index contributed by atoms with van der Waals surface area (Å²) in [5, 5.41) is 13.0. The Morgan fingerprint density at radius 2 is 1.96 bits per heavy atom. The van der Waals surface area contributed by atoms with Crippen LogP contribution in [-0.4, -0.2) is 23.1 Å². The third-order valence-corrected chi connectivity index (χ3v) is 4.29. The minimum atomic E-state index is -0.930. The van der Waals surface area contributed by atoms with E-state index >= 15 is 0 Å². The number of carbonyl (C=O) groups excluding carboxylic acids is 2. The summed E-state index contributed by atoms with van der Waals surface area (Å²) in [7, 11) is 0. The maximum atomic E-state index is 12.3. The number of amides is 1. The SMILES string of the molecule is Cc1ccc(NC(=O)[C@@H](C)OC(=O)Cc2coc3cc(O)ccc23)c(C)c1. The fraction of sp³-hybridized carbons (Fsp3) is 0.238. The van der Waals surface area contributed by atoms with Crippen molar-refractivity contribution in [3.63, 3.8) is 0 Å². The summed E-state index contributed by atoms with van der Waals surface area (Å²) in [5.41, 5.74) is 3.85. The number of esters is 1. The van der Waals surface area contributed by atoms with Gasteiger partial charge >= 0.3 is 5.97 Å². The van der Waals surface area contributed by atoms with E-state index < -0.39 is 18.0 Å². The third kappa shape index (κ3) is 4.28. The van der Waals surface area contributed by atoms with Gasteiger partial charge in [-0.25, -0.2) is 0 Å². The van der Waals surface area contributed by atoms with Crippen molar-refractivity contribution in [3.05, 3.63) is 59.4 Å². The number of aromatic hydroxyl groups is 1. The normalized spacial score (nSPS) is 12.0. The number of ether oxygens (including phenoxy) is 1. The lowest BCUT2D eigenvalue weighted by molar-refractivity contribution is -0.152. The van der Waals surface area contributed by atoms with Gasteiger partial charge in [0.1, 0.15) is 11.3 Å². The second kappa shape index (κ2) is 7.53. The largest absolute Gasteiger partial charge is 0.508 e. The average molecular weight is 367 g/mol. The lowest BCUT2D eigenvalue weighted by atomic mass is 10.1. The van der Waals surface area contributed by atoms with Gasteiger partial charge in [-0.1, -0.05) is 17.7 Å². The summed E-state index contributed by atoms with van der Waals surface area (Å²) in [6.07, 6.45) is 0.491. The number of carbonyl (C=O) groups is 2. The molecule has 2 N–H and O–H groups in total. The van der Waals surface area contributed by atoms with Crippen molar-refractivity contribution < 1.29 is 23.8 Å². The van der Waals surface area contributed by atoms with Gasteiger partial charge in [0.15, 0.2) is 6.10 Å². The van der Waals surface area contributed by atoms with E-state index in [4.69, 9.17) is 9.15 Å². The Morgan fingerprint density at radius 1 is 1.19 bits per heavy atom. The second-order valence-corrected chi connectivity index (χ2v) is 6.56. The zero-order valence-corrected chi connectivity index (χ0v) is 15.4. The molecule has 0 saturated heterocycles. The number of hydrogen-bond acceptors (Lipinski definition) is 5. The van der Waals surface area contributed by atoms with E-state index in [1.54, 1.807) is 6.07 Å². The summed E-state index contributed by atoms with van der Waals surface area (Å²) < 4.78 is 10.6. The molecule has 1 amide bonds. The van der Waals surface area contributed by atoms with E-state index in [0.29, 0.717) is 16.8 Å². The first-order chi connectivity index (χ1) is 12.8. The standard InChI is InChI=1S/C21H21NO5/c1-12-4-7-18(13(2)8-12)22-21(25)14(3)27-20(24)9-15-11-26-19-10-16(23)5-6-17(15)19/h4-8,10-11,14,23H,9H2,1-3H3,(H,22,25)/t14-/m1/s1. The molecule has 0 spiro atoms. The van der Waals surface area contributed by atoms with Gasteiger partial charge in [-0.3, -0.25) is 9.59 Å². The number of anilines is 1. The van der Waals surface area contributed by atoms with E-state index in [9.17, 15) is 14.7 Å². The van der Waals surface area contributed by atoms with Gasteiger partial charge in [0, 0.05) is 22.7 Å². The average Bonchev–Trinajstić information content (AvgIpc) is 2.98. The molecule has 27 heavy (non-hydrogen) atoms. The van der Waals surface area contributed by atoms with Gasteiger partial charge < -0.3 is 19.6 Å². The second-order valence-electron chi connectivity index (χ2n) is 6.56. The highest BCUT2D eigenvalue weighted by Crippen LogP contribution is 2.25. The van der Waals surface area contributed by atoms with Gasteiger partial charge in [0.25, 0.3) is 5.91 Å². The number of aryl methyl sites for hydroxylation is 2. The van der Waals surface area contributed by atoms with E-state index in [1.807, 2.05) is 32.0 Å². The number of hydrogen-bond donors (Lipinski definition) is 2. The molecule has 0 unspecified atom stereocenters. The first kappa shape index (κ1) is 18.5. The smallest absolute Gasteiger partial charge is 0.311 e. The van der Waals surface area contributed by atoms with Crippen LogP contribution in [0, 0.1) is 13.8 Å².